The van der Waals surface area contributed by atoms with Crippen LogP contribution in [0.5, 0.6) is 0 Å². The molecule has 0 saturated heterocycles. The standard InChI is InChI=1S/C36H23F3N2/c37-36(38,39)32-19-10-20-33(40-32)41(27-13-2-1-3-14-27)35-30-17-8-6-15-28(30)34(29-16-7-9-18-31(29)35)26-22-21-24-11-4-5-12-25(24)23-26/h1-23H. The number of hydrogen-bond donors (Lipinski definition) is 0. The van der Waals surface area contributed by atoms with Crippen LogP contribution in [0.1, 0.15) is 5.69 Å². The molecule has 0 amide bonds. The minimum absolute atomic E-state index is 0.194. The Morgan fingerprint density at radius 1 is 0.512 bits per heavy atom. The molecule has 0 bridgehead atoms. The van der Waals surface area contributed by atoms with Gasteiger partial charge in [0.25, 0.3) is 0 Å². The van der Waals surface area contributed by atoms with Gasteiger partial charge in [-0.15, -0.1) is 0 Å². The van der Waals surface area contributed by atoms with Gasteiger partial charge in [0, 0.05) is 16.5 Å². The molecule has 0 aliphatic heterocycles. The Kier molecular flexibility index (Phi) is 5.93. The van der Waals surface area contributed by atoms with Crippen LogP contribution in [0.2, 0.25) is 0 Å². The highest BCUT2D eigenvalue weighted by molar-refractivity contribution is 6.22. The molecule has 0 aliphatic carbocycles. The van der Waals surface area contributed by atoms with E-state index in [9.17, 15) is 13.2 Å². The Labute approximate surface area is 234 Å². The average molecular weight is 541 g/mol. The maximum Gasteiger partial charge on any atom is 0.433 e. The van der Waals surface area contributed by atoms with Crippen LogP contribution in [-0.2, 0) is 6.18 Å². The fourth-order valence-corrected chi connectivity index (χ4v) is 5.66. The third-order valence-corrected chi connectivity index (χ3v) is 7.43. The first-order chi connectivity index (χ1) is 20.0. The summed E-state index contributed by atoms with van der Waals surface area (Å²) in [5.74, 6) is 0.194. The summed E-state index contributed by atoms with van der Waals surface area (Å²) in [6.07, 6.45) is -4.57. The molecule has 5 heteroatoms. The van der Waals surface area contributed by atoms with Gasteiger partial charge < -0.3 is 0 Å². The highest BCUT2D eigenvalue weighted by Crippen LogP contribution is 2.48. The van der Waals surface area contributed by atoms with Crippen molar-refractivity contribution >= 4 is 49.5 Å². The van der Waals surface area contributed by atoms with Gasteiger partial charge in [-0.2, -0.15) is 13.2 Å². The van der Waals surface area contributed by atoms with Gasteiger partial charge in [0.15, 0.2) is 0 Å². The molecule has 0 unspecified atom stereocenters. The second-order valence-electron chi connectivity index (χ2n) is 9.93. The maximum absolute atomic E-state index is 13.8. The lowest BCUT2D eigenvalue weighted by molar-refractivity contribution is -0.141. The highest BCUT2D eigenvalue weighted by atomic mass is 19.4. The third-order valence-electron chi connectivity index (χ3n) is 7.43. The van der Waals surface area contributed by atoms with Crippen LogP contribution < -0.4 is 4.90 Å². The molecule has 7 rings (SSSR count). The quantitative estimate of drug-likeness (QED) is 0.206. The smallest absolute Gasteiger partial charge is 0.294 e. The number of nitrogens with zero attached hydrogens (tertiary/aromatic N) is 2. The van der Waals surface area contributed by atoms with Gasteiger partial charge >= 0.3 is 6.18 Å². The van der Waals surface area contributed by atoms with Crippen molar-refractivity contribution in [2.24, 2.45) is 0 Å². The number of rotatable bonds is 4. The summed E-state index contributed by atoms with van der Waals surface area (Å²) in [4.78, 5) is 5.96. The predicted molar refractivity (Wildman–Crippen MR) is 162 cm³/mol. The van der Waals surface area contributed by atoms with Gasteiger partial charge in [-0.25, -0.2) is 4.98 Å². The second-order valence-corrected chi connectivity index (χ2v) is 9.93. The monoisotopic (exact) mass is 540 g/mol. The summed E-state index contributed by atoms with van der Waals surface area (Å²) in [5.41, 5.74) is 2.71. The number of pyridine rings is 1. The molecule has 41 heavy (non-hydrogen) atoms. The number of hydrogen-bond acceptors (Lipinski definition) is 2. The van der Waals surface area contributed by atoms with Crippen LogP contribution in [-0.4, -0.2) is 4.98 Å². The van der Waals surface area contributed by atoms with Crippen LogP contribution in [0.15, 0.2) is 140 Å². The van der Waals surface area contributed by atoms with E-state index in [1.807, 2.05) is 83.8 Å². The molecule has 6 aromatic carbocycles. The van der Waals surface area contributed by atoms with Crippen molar-refractivity contribution in [3.8, 4) is 11.1 Å². The van der Waals surface area contributed by atoms with E-state index in [4.69, 9.17) is 0 Å². The van der Waals surface area contributed by atoms with Gasteiger partial charge in [0.1, 0.15) is 11.5 Å². The van der Waals surface area contributed by atoms with Crippen molar-refractivity contribution < 1.29 is 13.2 Å². The molecule has 1 heterocycles. The van der Waals surface area contributed by atoms with Crippen molar-refractivity contribution in [1.29, 1.82) is 0 Å². The van der Waals surface area contributed by atoms with Gasteiger partial charge in [-0.05, 0) is 63.0 Å². The van der Waals surface area contributed by atoms with Crippen molar-refractivity contribution in [3.63, 3.8) is 0 Å². The van der Waals surface area contributed by atoms with Gasteiger partial charge in [0.2, 0.25) is 0 Å². The molecule has 0 N–H and O–H groups in total. The number of halogens is 3. The second kappa shape index (κ2) is 9.79. The minimum atomic E-state index is -4.57. The average Bonchev–Trinajstić information content (AvgIpc) is 3.01. The molecule has 0 saturated carbocycles. The molecule has 0 atom stereocenters. The summed E-state index contributed by atoms with van der Waals surface area (Å²) in [7, 11) is 0. The van der Waals surface area contributed by atoms with E-state index in [0.717, 1.165) is 55.2 Å². The summed E-state index contributed by atoms with van der Waals surface area (Å²) in [6, 6.07) is 44.4. The lowest BCUT2D eigenvalue weighted by Gasteiger charge is -2.29. The van der Waals surface area contributed by atoms with Crippen molar-refractivity contribution in [3.05, 3.63) is 145 Å². The van der Waals surface area contributed by atoms with E-state index >= 15 is 0 Å². The molecule has 0 spiro atoms. The van der Waals surface area contributed by atoms with Gasteiger partial charge in [0.05, 0.1) is 5.69 Å². The molecular weight excluding hydrogens is 517 g/mol. The van der Waals surface area contributed by atoms with Crippen molar-refractivity contribution in [2.75, 3.05) is 4.90 Å². The first-order valence-corrected chi connectivity index (χ1v) is 13.3. The van der Waals surface area contributed by atoms with E-state index in [1.54, 1.807) is 6.07 Å². The Morgan fingerprint density at radius 2 is 1.10 bits per heavy atom. The van der Waals surface area contributed by atoms with Crippen LogP contribution in [0, 0.1) is 0 Å². The summed E-state index contributed by atoms with van der Waals surface area (Å²) in [6.45, 7) is 0. The van der Waals surface area contributed by atoms with E-state index in [2.05, 4.69) is 47.4 Å². The Balaban J connectivity index is 1.59. The number of para-hydroxylation sites is 1. The van der Waals surface area contributed by atoms with Gasteiger partial charge in [-0.1, -0.05) is 109 Å². The SMILES string of the molecule is FC(F)(F)c1cccc(N(c2ccccc2)c2c3ccccc3c(-c3ccc4ccccc4c3)c3ccccc23)n1. The zero-order chi connectivity index (χ0) is 28.0. The molecule has 0 radical (unpaired) electrons. The molecule has 0 aliphatic rings. The fraction of sp³-hybridized carbons (Fsp3) is 0.0278. The number of aromatic nitrogens is 1. The Morgan fingerprint density at radius 3 is 1.76 bits per heavy atom. The molecule has 1 aromatic heterocycles. The summed E-state index contributed by atoms with van der Waals surface area (Å²) in [5, 5.41) is 6.14. The zero-order valence-corrected chi connectivity index (χ0v) is 21.8. The first-order valence-electron chi connectivity index (χ1n) is 13.3. The van der Waals surface area contributed by atoms with Crippen LogP contribution >= 0.6 is 0 Å². The topological polar surface area (TPSA) is 16.1 Å². The van der Waals surface area contributed by atoms with Crippen molar-refractivity contribution in [2.45, 2.75) is 6.18 Å². The molecular formula is C36H23F3N2. The van der Waals surface area contributed by atoms with Crippen molar-refractivity contribution in [1.82, 2.24) is 4.98 Å². The normalized spacial score (nSPS) is 11.8. The third kappa shape index (κ3) is 4.36. The Hall–Kier alpha value is -5.16. The zero-order valence-electron chi connectivity index (χ0n) is 21.8. The number of fused-ring (bicyclic) bond motifs is 3. The van der Waals surface area contributed by atoms with E-state index < -0.39 is 11.9 Å². The molecule has 7 aromatic rings. The van der Waals surface area contributed by atoms with Crippen LogP contribution in [0.25, 0.3) is 43.4 Å². The van der Waals surface area contributed by atoms with Crippen LogP contribution in [0.4, 0.5) is 30.4 Å². The molecule has 198 valence electrons. The highest BCUT2D eigenvalue weighted by Gasteiger charge is 2.33. The predicted octanol–water partition coefficient (Wildman–Crippen LogP) is 10.7. The summed E-state index contributed by atoms with van der Waals surface area (Å²) >= 11 is 0. The van der Waals surface area contributed by atoms with E-state index in [0.29, 0.717) is 5.69 Å². The Bertz CT molecular complexity index is 1990. The number of alkyl halides is 3. The maximum atomic E-state index is 13.8. The van der Waals surface area contributed by atoms with Gasteiger partial charge in [-0.3, -0.25) is 4.90 Å². The number of benzene rings is 6. The largest absolute Gasteiger partial charge is 0.433 e. The lowest BCUT2D eigenvalue weighted by atomic mass is 9.89. The lowest BCUT2D eigenvalue weighted by Crippen LogP contribution is -2.16. The first kappa shape index (κ1) is 24.9. The van der Waals surface area contributed by atoms with E-state index in [1.165, 1.54) is 6.07 Å². The van der Waals surface area contributed by atoms with Crippen LogP contribution in [0.3, 0.4) is 0 Å². The summed E-state index contributed by atoms with van der Waals surface area (Å²) < 4.78 is 41.4. The molecule has 2 nitrogen and oxygen atoms in total. The number of anilines is 3. The fourth-order valence-electron chi connectivity index (χ4n) is 5.66. The van der Waals surface area contributed by atoms with E-state index in [-0.39, 0.29) is 5.82 Å². The minimum Gasteiger partial charge on any atom is -0.294 e. The molecule has 0 fully saturated rings.